The molecule has 0 bridgehead atoms. The molecule has 2 rings (SSSR count). The maximum atomic E-state index is 12.1. The Bertz CT molecular complexity index is 798. The molecule has 1 heterocycles. The first kappa shape index (κ1) is 20.7. The van der Waals surface area contributed by atoms with Crippen LogP contribution in [0.4, 0.5) is 4.79 Å². The van der Waals surface area contributed by atoms with Crippen LogP contribution in [0.1, 0.15) is 22.9 Å². The number of esters is 1. The van der Waals surface area contributed by atoms with Gasteiger partial charge >= 0.3 is 12.0 Å². The number of rotatable bonds is 8. The molecule has 0 fully saturated rings. The van der Waals surface area contributed by atoms with Crippen molar-refractivity contribution in [2.24, 2.45) is 5.73 Å². The molecule has 0 saturated heterocycles. The summed E-state index contributed by atoms with van der Waals surface area (Å²) in [6, 6.07) is 9.06. The van der Waals surface area contributed by atoms with E-state index in [1.54, 1.807) is 31.3 Å². The normalized spacial score (nSPS) is 11.5. The van der Waals surface area contributed by atoms with Crippen molar-refractivity contribution in [1.29, 1.82) is 0 Å². The Morgan fingerprint density at radius 2 is 2.00 bits per heavy atom. The van der Waals surface area contributed by atoms with Crippen molar-refractivity contribution in [3.8, 4) is 0 Å². The van der Waals surface area contributed by atoms with Crippen molar-refractivity contribution >= 4 is 40.8 Å². The smallest absolute Gasteiger partial charge is 0.312 e. The van der Waals surface area contributed by atoms with Gasteiger partial charge in [-0.3, -0.25) is 9.59 Å². The zero-order chi connectivity index (χ0) is 19.8. The fourth-order valence-electron chi connectivity index (χ4n) is 2.37. The number of thiophene rings is 1. The number of halogens is 1. The summed E-state index contributed by atoms with van der Waals surface area (Å²) < 4.78 is 5.06. The highest BCUT2D eigenvalue weighted by Gasteiger charge is 2.21. The van der Waals surface area contributed by atoms with E-state index in [4.69, 9.17) is 22.1 Å². The van der Waals surface area contributed by atoms with Crippen molar-refractivity contribution in [3.05, 3.63) is 57.2 Å². The summed E-state index contributed by atoms with van der Waals surface area (Å²) in [6.45, 7) is 0.0616. The summed E-state index contributed by atoms with van der Waals surface area (Å²) in [5, 5.41) is 4.78. The summed E-state index contributed by atoms with van der Waals surface area (Å²) >= 11 is 7.66. The van der Waals surface area contributed by atoms with Crippen LogP contribution in [0, 0.1) is 0 Å². The van der Waals surface area contributed by atoms with Gasteiger partial charge in [-0.1, -0.05) is 35.9 Å². The molecule has 9 heteroatoms. The summed E-state index contributed by atoms with van der Waals surface area (Å²) in [4.78, 5) is 38.0. The van der Waals surface area contributed by atoms with E-state index < -0.39 is 18.0 Å². The lowest BCUT2D eigenvalue weighted by Crippen LogP contribution is -2.35. The molecule has 27 heavy (non-hydrogen) atoms. The Morgan fingerprint density at radius 3 is 2.63 bits per heavy atom. The lowest BCUT2D eigenvalue weighted by atomic mass is 10.0. The van der Waals surface area contributed by atoms with Crippen LogP contribution in [-0.2, 0) is 20.9 Å². The molecule has 144 valence electrons. The predicted octanol–water partition coefficient (Wildman–Crippen LogP) is 2.70. The summed E-state index contributed by atoms with van der Waals surface area (Å²) in [7, 11) is 1.64. The molecule has 0 saturated carbocycles. The molecule has 0 aliphatic carbocycles. The fraction of sp³-hybridized carbons (Fsp3) is 0.278. The number of benzene rings is 1. The molecular formula is C18H20ClN3O4S. The van der Waals surface area contributed by atoms with Crippen LogP contribution in [0.2, 0.25) is 5.02 Å². The molecule has 0 radical (unpaired) electrons. The minimum absolute atomic E-state index is 0.200. The quantitative estimate of drug-likeness (QED) is 0.654. The maximum Gasteiger partial charge on any atom is 0.312 e. The van der Waals surface area contributed by atoms with Gasteiger partial charge in [0.2, 0.25) is 0 Å². The van der Waals surface area contributed by atoms with Gasteiger partial charge in [-0.25, -0.2) is 4.79 Å². The lowest BCUT2D eigenvalue weighted by molar-refractivity contribution is -0.152. The van der Waals surface area contributed by atoms with Gasteiger partial charge in [0.1, 0.15) is 0 Å². The number of nitrogens with two attached hydrogens (primary N) is 1. The van der Waals surface area contributed by atoms with Gasteiger partial charge in [0, 0.05) is 16.9 Å². The van der Waals surface area contributed by atoms with E-state index in [1.165, 1.54) is 16.2 Å². The maximum absolute atomic E-state index is 12.1. The van der Waals surface area contributed by atoms with E-state index >= 15 is 0 Å². The summed E-state index contributed by atoms with van der Waals surface area (Å²) in [6.07, 6.45) is -0.200. The molecule has 3 N–H and O–H groups in total. The number of amides is 3. The molecule has 1 aromatic carbocycles. The summed E-state index contributed by atoms with van der Waals surface area (Å²) in [5.41, 5.74) is 5.72. The Kier molecular flexibility index (Phi) is 7.63. The van der Waals surface area contributed by atoms with E-state index in [0.29, 0.717) is 17.1 Å². The highest BCUT2D eigenvalue weighted by atomic mass is 35.5. The van der Waals surface area contributed by atoms with Crippen molar-refractivity contribution in [2.75, 3.05) is 13.7 Å². The van der Waals surface area contributed by atoms with Gasteiger partial charge < -0.3 is 20.7 Å². The minimum Gasteiger partial charge on any atom is -0.455 e. The van der Waals surface area contributed by atoms with Crippen LogP contribution in [0.15, 0.2) is 41.8 Å². The molecule has 0 unspecified atom stereocenters. The van der Waals surface area contributed by atoms with E-state index in [-0.39, 0.29) is 18.9 Å². The Morgan fingerprint density at radius 1 is 1.26 bits per heavy atom. The van der Waals surface area contributed by atoms with Crippen LogP contribution in [0.5, 0.6) is 0 Å². The molecule has 0 spiro atoms. The second kappa shape index (κ2) is 9.94. The average Bonchev–Trinajstić information content (AvgIpc) is 3.12. The van der Waals surface area contributed by atoms with Gasteiger partial charge in [0.25, 0.3) is 5.91 Å². The predicted molar refractivity (Wildman–Crippen MR) is 103 cm³/mol. The van der Waals surface area contributed by atoms with Crippen LogP contribution in [-0.4, -0.2) is 36.5 Å². The zero-order valence-electron chi connectivity index (χ0n) is 14.7. The highest BCUT2D eigenvalue weighted by molar-refractivity contribution is 7.09. The fourth-order valence-corrected chi connectivity index (χ4v) is 3.40. The number of nitrogens with zero attached hydrogens (tertiary/aromatic N) is 1. The number of nitrogens with one attached hydrogen (secondary N) is 1. The van der Waals surface area contributed by atoms with E-state index in [9.17, 15) is 14.4 Å². The van der Waals surface area contributed by atoms with Crippen LogP contribution in [0.25, 0.3) is 0 Å². The van der Waals surface area contributed by atoms with E-state index in [0.717, 1.165) is 4.88 Å². The third-order valence-corrected chi connectivity index (χ3v) is 4.93. The Balaban J connectivity index is 1.90. The number of hydrogen-bond donors (Lipinski definition) is 2. The Labute approximate surface area is 166 Å². The molecule has 7 nitrogen and oxygen atoms in total. The zero-order valence-corrected chi connectivity index (χ0v) is 16.3. The number of urea groups is 1. The second-order valence-electron chi connectivity index (χ2n) is 5.78. The molecule has 2 aromatic rings. The first-order chi connectivity index (χ1) is 12.9. The average molecular weight is 410 g/mol. The lowest BCUT2D eigenvalue weighted by Gasteiger charge is -2.19. The highest BCUT2D eigenvalue weighted by Crippen LogP contribution is 2.25. The van der Waals surface area contributed by atoms with Crippen molar-refractivity contribution < 1.29 is 19.1 Å². The van der Waals surface area contributed by atoms with E-state index in [2.05, 4.69) is 5.32 Å². The van der Waals surface area contributed by atoms with Crippen LogP contribution >= 0.6 is 22.9 Å². The number of carbonyl (C=O) groups excluding carboxylic acids is 3. The monoisotopic (exact) mass is 409 g/mol. The SMILES string of the molecule is CN(Cc1cccs1)C(=O)COC(=O)C[C@H](NC(N)=O)c1ccccc1Cl. The first-order valence-corrected chi connectivity index (χ1v) is 9.35. The topological polar surface area (TPSA) is 102 Å². The molecule has 1 aromatic heterocycles. The summed E-state index contributed by atoms with van der Waals surface area (Å²) in [5.74, 6) is -0.972. The molecule has 3 amide bonds. The van der Waals surface area contributed by atoms with Crippen molar-refractivity contribution in [3.63, 3.8) is 0 Å². The molecule has 0 aliphatic heterocycles. The van der Waals surface area contributed by atoms with Crippen LogP contribution < -0.4 is 11.1 Å². The number of primary amides is 1. The second-order valence-corrected chi connectivity index (χ2v) is 7.22. The van der Waals surface area contributed by atoms with Gasteiger partial charge in [0.05, 0.1) is 19.0 Å². The van der Waals surface area contributed by atoms with Gasteiger partial charge in [0.15, 0.2) is 6.61 Å². The third-order valence-electron chi connectivity index (χ3n) is 3.72. The molecule has 0 aliphatic rings. The number of likely N-dealkylation sites (N-methyl/N-ethyl adjacent to an activating group) is 1. The largest absolute Gasteiger partial charge is 0.455 e. The van der Waals surface area contributed by atoms with Gasteiger partial charge in [-0.05, 0) is 23.1 Å². The number of ether oxygens (including phenoxy) is 1. The van der Waals surface area contributed by atoms with E-state index in [1.807, 2.05) is 17.5 Å². The minimum atomic E-state index is -0.792. The van der Waals surface area contributed by atoms with Gasteiger partial charge in [-0.15, -0.1) is 11.3 Å². The first-order valence-electron chi connectivity index (χ1n) is 8.09. The van der Waals surface area contributed by atoms with Crippen molar-refractivity contribution in [1.82, 2.24) is 10.2 Å². The number of hydrogen-bond acceptors (Lipinski definition) is 5. The standard InChI is InChI=1S/C18H20ClN3O4S/c1-22(10-12-5-4-8-27-12)16(23)11-26-17(24)9-15(21-18(20)25)13-6-2-3-7-14(13)19/h2-8,15H,9-11H2,1H3,(H3,20,21,25)/t15-/m0/s1. The van der Waals surface area contributed by atoms with Crippen LogP contribution in [0.3, 0.4) is 0 Å². The number of carbonyl (C=O) groups is 3. The van der Waals surface area contributed by atoms with Gasteiger partial charge in [-0.2, -0.15) is 0 Å². The molecular weight excluding hydrogens is 390 g/mol. The Hall–Kier alpha value is -2.58. The third kappa shape index (κ3) is 6.58. The van der Waals surface area contributed by atoms with Crippen molar-refractivity contribution in [2.45, 2.75) is 19.0 Å². The molecule has 1 atom stereocenters.